The van der Waals surface area contributed by atoms with E-state index in [1.807, 2.05) is 26.8 Å². The van der Waals surface area contributed by atoms with Crippen LogP contribution in [0.15, 0.2) is 22.7 Å². The molecule has 0 spiro atoms. The number of anilines is 1. The van der Waals surface area contributed by atoms with Gasteiger partial charge in [-0.25, -0.2) is 9.19 Å². The van der Waals surface area contributed by atoms with Crippen molar-refractivity contribution in [2.45, 2.75) is 32.4 Å². The average molecular weight is 239 g/mol. The standard InChI is InChI=1S/C11H17N3OS/c1-8(14-16(15)11(2,3)4)9-6-5-7-13-10(9)12/h5-7H,1-4H3,(H2,12,13)/b14-8+/t16-/m0/s1. The summed E-state index contributed by atoms with van der Waals surface area (Å²) in [5.41, 5.74) is 7.10. The van der Waals surface area contributed by atoms with Gasteiger partial charge in [0, 0.05) is 11.8 Å². The van der Waals surface area contributed by atoms with Crippen LogP contribution >= 0.6 is 0 Å². The van der Waals surface area contributed by atoms with Crippen LogP contribution in [0.2, 0.25) is 0 Å². The molecule has 0 aliphatic carbocycles. The molecule has 1 heterocycles. The summed E-state index contributed by atoms with van der Waals surface area (Å²) in [6, 6.07) is 3.60. The number of nitrogens with zero attached hydrogens (tertiary/aromatic N) is 2. The summed E-state index contributed by atoms with van der Waals surface area (Å²) >= 11 is 0. The zero-order valence-electron chi connectivity index (χ0n) is 10.0. The molecule has 1 aromatic rings. The lowest BCUT2D eigenvalue weighted by molar-refractivity contribution is 0.650. The molecule has 4 nitrogen and oxygen atoms in total. The summed E-state index contributed by atoms with van der Waals surface area (Å²) in [5, 5.41) is 0. The fourth-order valence-corrected chi connectivity index (χ4v) is 1.65. The molecule has 0 aliphatic heterocycles. The van der Waals surface area contributed by atoms with Gasteiger partial charge in [-0.15, -0.1) is 0 Å². The van der Waals surface area contributed by atoms with Gasteiger partial charge in [0.2, 0.25) is 0 Å². The smallest absolute Gasteiger partial charge is 0.145 e. The second-order valence-corrected chi connectivity index (χ2v) is 6.38. The maximum absolute atomic E-state index is 11.8. The van der Waals surface area contributed by atoms with E-state index in [9.17, 15) is 4.21 Å². The van der Waals surface area contributed by atoms with E-state index in [4.69, 9.17) is 5.73 Å². The van der Waals surface area contributed by atoms with Crippen LogP contribution in [0.5, 0.6) is 0 Å². The van der Waals surface area contributed by atoms with Crippen molar-refractivity contribution in [1.29, 1.82) is 0 Å². The minimum Gasteiger partial charge on any atom is -0.383 e. The van der Waals surface area contributed by atoms with Crippen molar-refractivity contribution in [1.82, 2.24) is 4.98 Å². The third-order valence-corrected chi connectivity index (χ3v) is 3.46. The van der Waals surface area contributed by atoms with Crippen LogP contribution in [0.25, 0.3) is 0 Å². The Morgan fingerprint density at radius 2 is 2.12 bits per heavy atom. The number of rotatable bonds is 2. The highest BCUT2D eigenvalue weighted by Gasteiger charge is 2.19. The molecular weight excluding hydrogens is 222 g/mol. The van der Waals surface area contributed by atoms with Crippen LogP contribution in [0.3, 0.4) is 0 Å². The summed E-state index contributed by atoms with van der Waals surface area (Å²) < 4.78 is 15.6. The Morgan fingerprint density at radius 1 is 1.50 bits per heavy atom. The van der Waals surface area contributed by atoms with E-state index >= 15 is 0 Å². The van der Waals surface area contributed by atoms with Crippen LogP contribution in [-0.4, -0.2) is 19.7 Å². The van der Waals surface area contributed by atoms with Crippen LogP contribution < -0.4 is 5.73 Å². The first-order valence-corrected chi connectivity index (χ1v) is 6.11. The molecular formula is C11H17N3OS. The molecule has 1 atom stereocenters. The van der Waals surface area contributed by atoms with E-state index in [2.05, 4.69) is 9.38 Å². The highest BCUT2D eigenvalue weighted by molar-refractivity contribution is 7.85. The van der Waals surface area contributed by atoms with Crippen molar-refractivity contribution < 1.29 is 4.21 Å². The molecule has 5 heteroatoms. The Hall–Kier alpha value is -1.23. The van der Waals surface area contributed by atoms with Crippen molar-refractivity contribution in [3.05, 3.63) is 23.9 Å². The van der Waals surface area contributed by atoms with Crippen molar-refractivity contribution in [2.75, 3.05) is 5.73 Å². The quantitative estimate of drug-likeness (QED) is 0.802. The molecule has 0 saturated heterocycles. The zero-order chi connectivity index (χ0) is 12.3. The van der Waals surface area contributed by atoms with Crippen molar-refractivity contribution in [3.8, 4) is 0 Å². The van der Waals surface area contributed by atoms with Gasteiger partial charge in [-0.1, -0.05) is 0 Å². The molecule has 0 aromatic carbocycles. The molecule has 0 radical (unpaired) electrons. The van der Waals surface area contributed by atoms with Gasteiger partial charge in [0.15, 0.2) is 0 Å². The number of nitrogen functional groups attached to an aromatic ring is 1. The fourth-order valence-electron chi connectivity index (χ4n) is 1.03. The third-order valence-electron chi connectivity index (χ3n) is 1.97. The minimum absolute atomic E-state index is 0.363. The van der Waals surface area contributed by atoms with Gasteiger partial charge in [0.05, 0.1) is 10.5 Å². The van der Waals surface area contributed by atoms with E-state index in [1.54, 1.807) is 19.2 Å². The molecule has 0 aliphatic rings. The highest BCUT2D eigenvalue weighted by atomic mass is 32.2. The average Bonchev–Trinajstić information content (AvgIpc) is 2.16. The molecule has 1 aromatic heterocycles. The summed E-state index contributed by atoms with van der Waals surface area (Å²) in [4.78, 5) is 3.97. The Kier molecular flexibility index (Phi) is 3.80. The lowest BCUT2D eigenvalue weighted by Gasteiger charge is -2.14. The van der Waals surface area contributed by atoms with Crippen LogP contribution in [0.4, 0.5) is 5.82 Å². The Labute approximate surface area is 98.6 Å². The summed E-state index contributed by atoms with van der Waals surface area (Å²) in [5.74, 6) is 0.412. The van der Waals surface area contributed by atoms with Gasteiger partial charge in [0.1, 0.15) is 16.8 Å². The van der Waals surface area contributed by atoms with Crippen molar-refractivity contribution >= 4 is 22.5 Å². The van der Waals surface area contributed by atoms with Crippen molar-refractivity contribution in [3.63, 3.8) is 0 Å². The minimum atomic E-state index is -1.27. The van der Waals surface area contributed by atoms with E-state index in [0.717, 1.165) is 5.56 Å². The summed E-state index contributed by atoms with van der Waals surface area (Å²) in [7, 11) is -1.27. The SMILES string of the molecule is C/C(=N\[S@@](=O)C(C)(C)C)c1cccnc1N. The fraction of sp³-hybridized carbons (Fsp3) is 0.455. The molecule has 0 bridgehead atoms. The molecule has 0 fully saturated rings. The first-order valence-electron chi connectivity index (χ1n) is 5.00. The zero-order valence-corrected chi connectivity index (χ0v) is 10.8. The Balaban J connectivity index is 3.04. The first kappa shape index (κ1) is 12.8. The molecule has 1 rings (SSSR count). The Morgan fingerprint density at radius 3 is 2.62 bits per heavy atom. The molecule has 16 heavy (non-hydrogen) atoms. The molecule has 0 saturated carbocycles. The second kappa shape index (κ2) is 4.74. The van der Waals surface area contributed by atoms with Crippen LogP contribution in [0.1, 0.15) is 33.3 Å². The van der Waals surface area contributed by atoms with Gasteiger partial charge >= 0.3 is 0 Å². The molecule has 2 N–H and O–H groups in total. The van der Waals surface area contributed by atoms with Crippen LogP contribution in [-0.2, 0) is 11.0 Å². The molecule has 0 unspecified atom stereocenters. The molecule has 88 valence electrons. The number of pyridine rings is 1. The number of nitrogens with two attached hydrogens (primary N) is 1. The lowest BCUT2D eigenvalue weighted by atomic mass is 10.2. The summed E-state index contributed by atoms with van der Waals surface area (Å²) in [6.45, 7) is 7.43. The largest absolute Gasteiger partial charge is 0.383 e. The Bertz CT molecular complexity index is 435. The highest BCUT2D eigenvalue weighted by Crippen LogP contribution is 2.15. The van der Waals surface area contributed by atoms with Gasteiger partial charge in [0.25, 0.3) is 0 Å². The first-order chi connectivity index (χ1) is 7.32. The van der Waals surface area contributed by atoms with Gasteiger partial charge < -0.3 is 5.73 Å². The third kappa shape index (κ3) is 3.13. The lowest BCUT2D eigenvalue weighted by Crippen LogP contribution is -2.21. The predicted octanol–water partition coefficient (Wildman–Crippen LogP) is 1.94. The maximum atomic E-state index is 11.8. The van der Waals surface area contributed by atoms with E-state index in [-0.39, 0.29) is 4.75 Å². The summed E-state index contributed by atoms with van der Waals surface area (Å²) in [6.07, 6.45) is 1.62. The normalized spacial score (nSPS) is 14.9. The van der Waals surface area contributed by atoms with Gasteiger partial charge in [-0.05, 0) is 39.8 Å². The van der Waals surface area contributed by atoms with Gasteiger partial charge in [-0.2, -0.15) is 4.40 Å². The number of hydrogen-bond acceptors (Lipinski definition) is 3. The maximum Gasteiger partial charge on any atom is 0.145 e. The number of hydrogen-bond donors (Lipinski definition) is 1. The van der Waals surface area contributed by atoms with E-state index in [0.29, 0.717) is 11.5 Å². The predicted molar refractivity (Wildman–Crippen MR) is 68.8 cm³/mol. The van der Waals surface area contributed by atoms with E-state index in [1.165, 1.54) is 0 Å². The monoisotopic (exact) mass is 239 g/mol. The van der Waals surface area contributed by atoms with Crippen molar-refractivity contribution in [2.24, 2.45) is 4.40 Å². The number of aromatic nitrogens is 1. The topological polar surface area (TPSA) is 68.3 Å². The second-order valence-electron chi connectivity index (χ2n) is 4.47. The van der Waals surface area contributed by atoms with Gasteiger partial charge in [-0.3, -0.25) is 0 Å². The van der Waals surface area contributed by atoms with E-state index < -0.39 is 11.0 Å². The van der Waals surface area contributed by atoms with Crippen LogP contribution in [0, 0.1) is 0 Å². The molecule has 0 amide bonds.